The van der Waals surface area contributed by atoms with Crippen LogP contribution in [0.3, 0.4) is 0 Å². The molecule has 2 rings (SSSR count). The summed E-state index contributed by atoms with van der Waals surface area (Å²) in [5, 5.41) is 11.5. The number of aliphatic hydroxyl groups is 1. The second-order valence-corrected chi connectivity index (χ2v) is 4.93. The zero-order valence-corrected chi connectivity index (χ0v) is 12.0. The number of nitrogens with one attached hydrogen (secondary N) is 1. The van der Waals surface area contributed by atoms with Crippen molar-refractivity contribution >= 4 is 5.91 Å². The molecule has 0 aliphatic carbocycles. The van der Waals surface area contributed by atoms with Gasteiger partial charge in [0.2, 0.25) is 0 Å². The lowest BCUT2D eigenvalue weighted by Gasteiger charge is -2.22. The van der Waals surface area contributed by atoms with Crippen LogP contribution in [-0.4, -0.2) is 41.9 Å². The van der Waals surface area contributed by atoms with Crippen LogP contribution in [0.1, 0.15) is 41.7 Å². The van der Waals surface area contributed by atoms with Crippen LogP contribution in [0, 0.1) is 11.8 Å². The summed E-state index contributed by atoms with van der Waals surface area (Å²) < 4.78 is 5.62. The predicted molar refractivity (Wildman–Crippen MR) is 78.7 cm³/mol. The van der Waals surface area contributed by atoms with Crippen LogP contribution in [0.4, 0.5) is 0 Å². The molecule has 1 unspecified atom stereocenters. The molecule has 0 aromatic carbocycles. The molecule has 5 heteroatoms. The van der Waals surface area contributed by atoms with Crippen molar-refractivity contribution < 1.29 is 14.6 Å². The van der Waals surface area contributed by atoms with Crippen molar-refractivity contribution in [2.24, 2.45) is 0 Å². The maximum absolute atomic E-state index is 11.9. The van der Waals surface area contributed by atoms with E-state index in [9.17, 15) is 4.79 Å². The molecule has 1 aromatic rings. The molecule has 0 spiro atoms. The van der Waals surface area contributed by atoms with Gasteiger partial charge in [0.15, 0.2) is 0 Å². The van der Waals surface area contributed by atoms with Crippen LogP contribution < -0.4 is 5.32 Å². The van der Waals surface area contributed by atoms with Gasteiger partial charge in [-0.15, -0.1) is 0 Å². The van der Waals surface area contributed by atoms with Crippen LogP contribution in [0.2, 0.25) is 0 Å². The molecule has 0 bridgehead atoms. The fourth-order valence-corrected chi connectivity index (χ4v) is 2.22. The predicted octanol–water partition coefficient (Wildman–Crippen LogP) is 1.11. The third-order valence-corrected chi connectivity index (χ3v) is 3.33. The lowest BCUT2D eigenvalue weighted by atomic mass is 10.1. The van der Waals surface area contributed by atoms with E-state index in [1.807, 2.05) is 0 Å². The smallest absolute Gasteiger partial charge is 0.269 e. The Labute approximate surface area is 124 Å². The lowest BCUT2D eigenvalue weighted by molar-refractivity contribution is 0.0117. The van der Waals surface area contributed by atoms with Crippen molar-refractivity contribution in [1.82, 2.24) is 10.3 Å². The third kappa shape index (κ3) is 5.18. The van der Waals surface area contributed by atoms with E-state index in [2.05, 4.69) is 22.1 Å². The van der Waals surface area contributed by atoms with Gasteiger partial charge >= 0.3 is 0 Å². The summed E-state index contributed by atoms with van der Waals surface area (Å²) in [4.78, 5) is 16.0. The van der Waals surface area contributed by atoms with Crippen molar-refractivity contribution in [1.29, 1.82) is 0 Å². The molecule has 1 fully saturated rings. The molecule has 0 radical (unpaired) electrons. The van der Waals surface area contributed by atoms with E-state index in [-0.39, 0.29) is 18.6 Å². The Hall–Kier alpha value is -1.90. The average Bonchev–Trinajstić information content (AvgIpc) is 2.54. The molecule has 1 aromatic heterocycles. The highest BCUT2D eigenvalue weighted by Crippen LogP contribution is 2.14. The Kier molecular flexibility index (Phi) is 6.20. The minimum Gasteiger partial charge on any atom is -0.384 e. The number of rotatable bonds is 4. The van der Waals surface area contributed by atoms with E-state index in [0.29, 0.717) is 17.8 Å². The Balaban J connectivity index is 1.77. The van der Waals surface area contributed by atoms with Gasteiger partial charge in [-0.2, -0.15) is 0 Å². The largest absolute Gasteiger partial charge is 0.384 e. The minimum absolute atomic E-state index is 0.188. The highest BCUT2D eigenvalue weighted by Gasteiger charge is 2.14. The summed E-state index contributed by atoms with van der Waals surface area (Å²) >= 11 is 0. The number of aliphatic hydroxyl groups excluding tert-OH is 1. The van der Waals surface area contributed by atoms with Crippen LogP contribution in [0.5, 0.6) is 0 Å². The second kappa shape index (κ2) is 8.40. The van der Waals surface area contributed by atoms with Crippen molar-refractivity contribution in [2.45, 2.75) is 31.8 Å². The van der Waals surface area contributed by atoms with Gasteiger partial charge in [-0.3, -0.25) is 4.79 Å². The van der Waals surface area contributed by atoms with Gasteiger partial charge in [-0.05, 0) is 37.8 Å². The highest BCUT2D eigenvalue weighted by atomic mass is 16.5. The van der Waals surface area contributed by atoms with Crippen molar-refractivity contribution in [3.8, 4) is 11.8 Å². The van der Waals surface area contributed by atoms with E-state index in [1.54, 1.807) is 12.1 Å². The van der Waals surface area contributed by atoms with Gasteiger partial charge in [-0.1, -0.05) is 11.8 Å². The van der Waals surface area contributed by atoms with Crippen LogP contribution in [0.25, 0.3) is 0 Å². The molecule has 1 aliphatic heterocycles. The lowest BCUT2D eigenvalue weighted by Crippen LogP contribution is -2.29. The Morgan fingerprint density at radius 2 is 2.38 bits per heavy atom. The maximum atomic E-state index is 11.9. The molecule has 1 aliphatic rings. The Morgan fingerprint density at radius 1 is 1.48 bits per heavy atom. The van der Waals surface area contributed by atoms with Gasteiger partial charge < -0.3 is 15.2 Å². The van der Waals surface area contributed by atoms with E-state index in [1.165, 1.54) is 12.6 Å². The molecule has 112 valence electrons. The number of hydrogen-bond donors (Lipinski definition) is 2. The van der Waals surface area contributed by atoms with E-state index < -0.39 is 0 Å². The fraction of sp³-hybridized carbons (Fsp3) is 0.500. The summed E-state index contributed by atoms with van der Waals surface area (Å²) in [6, 6.07) is 3.35. The minimum atomic E-state index is -0.189. The normalized spacial score (nSPS) is 17.7. The molecule has 1 saturated heterocycles. The van der Waals surface area contributed by atoms with Gasteiger partial charge in [0.1, 0.15) is 12.3 Å². The second-order valence-electron chi connectivity index (χ2n) is 4.93. The Morgan fingerprint density at radius 3 is 3.05 bits per heavy atom. The fourth-order valence-electron chi connectivity index (χ4n) is 2.22. The SMILES string of the molecule is O=C(NCCC1CCCCO1)c1ccc(C#CCO)cn1. The number of carbonyl (C=O) groups excluding carboxylic acids is 1. The molecule has 2 N–H and O–H groups in total. The number of pyridine rings is 1. The first kappa shape index (κ1) is 15.5. The van der Waals surface area contributed by atoms with Gasteiger partial charge in [0, 0.05) is 24.9 Å². The number of amides is 1. The van der Waals surface area contributed by atoms with Gasteiger partial charge in [0.25, 0.3) is 5.91 Å². The van der Waals surface area contributed by atoms with E-state index >= 15 is 0 Å². The molecule has 2 heterocycles. The van der Waals surface area contributed by atoms with Crippen LogP contribution >= 0.6 is 0 Å². The van der Waals surface area contributed by atoms with Crippen LogP contribution in [0.15, 0.2) is 18.3 Å². The monoisotopic (exact) mass is 288 g/mol. The Bertz CT molecular complexity index is 511. The molecule has 1 amide bonds. The molecular formula is C16H20N2O3. The van der Waals surface area contributed by atoms with Gasteiger partial charge in [0.05, 0.1) is 6.10 Å². The first-order chi connectivity index (χ1) is 10.3. The molecule has 1 atom stereocenters. The molecular weight excluding hydrogens is 268 g/mol. The topological polar surface area (TPSA) is 71.5 Å². The molecule has 21 heavy (non-hydrogen) atoms. The van der Waals surface area contributed by atoms with E-state index in [4.69, 9.17) is 9.84 Å². The van der Waals surface area contributed by atoms with Crippen LogP contribution in [-0.2, 0) is 4.74 Å². The number of ether oxygens (including phenoxy) is 1. The zero-order chi connectivity index (χ0) is 14.9. The summed E-state index contributed by atoms with van der Waals surface area (Å²) in [5.74, 6) is 5.08. The van der Waals surface area contributed by atoms with Crippen molar-refractivity contribution in [2.75, 3.05) is 19.8 Å². The first-order valence-electron chi connectivity index (χ1n) is 7.25. The number of carbonyl (C=O) groups is 1. The molecule has 5 nitrogen and oxygen atoms in total. The summed E-state index contributed by atoms with van der Waals surface area (Å²) in [5.41, 5.74) is 1.05. The summed E-state index contributed by atoms with van der Waals surface area (Å²) in [7, 11) is 0. The zero-order valence-electron chi connectivity index (χ0n) is 12.0. The molecule has 0 saturated carbocycles. The van der Waals surface area contributed by atoms with E-state index in [0.717, 1.165) is 25.9 Å². The number of nitrogens with zero attached hydrogens (tertiary/aromatic N) is 1. The number of hydrogen-bond acceptors (Lipinski definition) is 4. The van der Waals surface area contributed by atoms with Crippen molar-refractivity contribution in [3.05, 3.63) is 29.6 Å². The first-order valence-corrected chi connectivity index (χ1v) is 7.25. The summed E-state index contributed by atoms with van der Waals surface area (Å²) in [6.07, 6.45) is 6.05. The third-order valence-electron chi connectivity index (χ3n) is 3.33. The maximum Gasteiger partial charge on any atom is 0.269 e. The quantitative estimate of drug-likeness (QED) is 0.814. The van der Waals surface area contributed by atoms with Gasteiger partial charge in [-0.25, -0.2) is 4.98 Å². The highest BCUT2D eigenvalue weighted by molar-refractivity contribution is 5.92. The number of aromatic nitrogens is 1. The van der Waals surface area contributed by atoms with Crippen molar-refractivity contribution in [3.63, 3.8) is 0 Å². The standard InChI is InChI=1S/C16H20N2O3/c19-10-3-4-13-6-7-15(18-12-13)16(20)17-9-8-14-5-1-2-11-21-14/h6-7,12,14,19H,1-2,5,8-11H2,(H,17,20). The summed E-state index contributed by atoms with van der Waals surface area (Å²) in [6.45, 7) is 1.24. The average molecular weight is 288 g/mol.